The van der Waals surface area contributed by atoms with Crippen molar-refractivity contribution in [3.05, 3.63) is 89.0 Å². The van der Waals surface area contributed by atoms with E-state index in [2.05, 4.69) is 24.5 Å². The van der Waals surface area contributed by atoms with E-state index in [1.54, 1.807) is 25.3 Å². The van der Waals surface area contributed by atoms with Crippen molar-refractivity contribution in [3.63, 3.8) is 0 Å². The number of hydrogen-bond acceptors (Lipinski definition) is 3. The molecule has 0 aliphatic heterocycles. The summed E-state index contributed by atoms with van der Waals surface area (Å²) in [5.74, 6) is 3.25. The zero-order valence-electron chi connectivity index (χ0n) is 27.0. The molecule has 0 aromatic heterocycles. The molecule has 0 unspecified atom stereocenters. The molecule has 0 fully saturated rings. The van der Waals surface area contributed by atoms with E-state index in [1.807, 2.05) is 91.8 Å². The van der Waals surface area contributed by atoms with Gasteiger partial charge in [0.15, 0.2) is 0 Å². The summed E-state index contributed by atoms with van der Waals surface area (Å²) in [4.78, 5) is 0. The summed E-state index contributed by atoms with van der Waals surface area (Å²) >= 11 is 0. The molecule has 0 radical (unpaired) electrons. The van der Waals surface area contributed by atoms with E-state index in [0.717, 1.165) is 16.9 Å². The highest BCUT2D eigenvalue weighted by Gasteiger charge is 2.36. The molecule has 3 aromatic rings. The molecule has 0 bridgehead atoms. The molecule has 42 heavy (non-hydrogen) atoms. The Morgan fingerprint density at radius 1 is 0.690 bits per heavy atom. The van der Waals surface area contributed by atoms with Crippen LogP contribution in [0.5, 0.6) is 17.2 Å². The summed E-state index contributed by atoms with van der Waals surface area (Å²) in [7, 11) is 1.57. The summed E-state index contributed by atoms with van der Waals surface area (Å²) in [5.41, 5.74) is 0.970. The van der Waals surface area contributed by atoms with Crippen LogP contribution in [-0.4, -0.2) is 19.3 Å². The predicted octanol–water partition coefficient (Wildman–Crippen LogP) is 10.6. The number of methoxy groups -OCH3 is 1. The number of terminal acetylenes is 1. The van der Waals surface area contributed by atoms with Crippen molar-refractivity contribution in [2.24, 2.45) is 0 Å². The van der Waals surface area contributed by atoms with Crippen LogP contribution < -0.4 is 9.47 Å². The van der Waals surface area contributed by atoms with Crippen molar-refractivity contribution >= 4 is 0 Å². The average Bonchev–Trinajstić information content (AvgIpc) is 2.89. The van der Waals surface area contributed by atoms with E-state index in [1.165, 1.54) is 12.1 Å². The lowest BCUT2D eigenvalue weighted by molar-refractivity contribution is -0.138. The van der Waals surface area contributed by atoms with Crippen molar-refractivity contribution in [1.29, 1.82) is 0 Å². The van der Waals surface area contributed by atoms with Gasteiger partial charge in [0.1, 0.15) is 29.5 Å². The largest absolute Gasteiger partial charge is 0.488 e. The van der Waals surface area contributed by atoms with Crippen LogP contribution in [0.25, 0.3) is 0 Å². The summed E-state index contributed by atoms with van der Waals surface area (Å²) < 4.78 is 57.3. The van der Waals surface area contributed by atoms with E-state index in [9.17, 15) is 13.2 Å². The van der Waals surface area contributed by atoms with Gasteiger partial charge in [-0.2, -0.15) is 13.2 Å². The van der Waals surface area contributed by atoms with E-state index in [4.69, 9.17) is 15.9 Å². The molecule has 0 spiro atoms. The summed E-state index contributed by atoms with van der Waals surface area (Å²) in [6.07, 6.45) is 0.252. The number of rotatable bonds is 6. The predicted molar refractivity (Wildman–Crippen MR) is 168 cm³/mol. The maximum Gasteiger partial charge on any atom is 0.419 e. The first-order chi connectivity index (χ1) is 19.4. The average molecular weight is 585 g/mol. The van der Waals surface area contributed by atoms with Gasteiger partial charge < -0.3 is 14.2 Å². The Morgan fingerprint density at radius 2 is 1.14 bits per heavy atom. The van der Waals surface area contributed by atoms with Gasteiger partial charge >= 0.3 is 6.18 Å². The third-order valence-electron chi connectivity index (χ3n) is 6.18. The molecule has 0 amide bonds. The number of alkyl halides is 3. The third kappa shape index (κ3) is 11.1. The lowest BCUT2D eigenvalue weighted by atomic mass is 9.78. The van der Waals surface area contributed by atoms with Crippen LogP contribution in [-0.2, 0) is 21.7 Å². The van der Waals surface area contributed by atoms with Gasteiger partial charge in [-0.05, 0) is 79.3 Å². The fourth-order valence-electron chi connectivity index (χ4n) is 3.92. The van der Waals surface area contributed by atoms with Gasteiger partial charge in [-0.15, -0.1) is 6.42 Å². The van der Waals surface area contributed by atoms with Crippen LogP contribution in [0.4, 0.5) is 13.2 Å². The molecule has 230 valence electrons. The van der Waals surface area contributed by atoms with Gasteiger partial charge in [-0.1, -0.05) is 84.7 Å². The Balaban J connectivity index is 0.00000114. The molecule has 0 saturated carbocycles. The molecular formula is C36H47F3O3. The lowest BCUT2D eigenvalue weighted by Gasteiger charge is -2.27. The zero-order chi connectivity index (χ0) is 32.4. The number of halogens is 3. The number of benzene rings is 3. The minimum absolute atomic E-state index is 0.202. The second-order valence-electron chi connectivity index (χ2n) is 12.1. The van der Waals surface area contributed by atoms with Crippen molar-refractivity contribution in [2.45, 2.75) is 91.8 Å². The summed E-state index contributed by atoms with van der Waals surface area (Å²) in [5, 5.41) is 0. The van der Waals surface area contributed by atoms with Crippen LogP contribution in [0, 0.1) is 12.3 Å². The quantitative estimate of drug-likeness (QED) is 0.270. The number of ether oxygens (including phenoxy) is 3. The normalized spacial score (nSPS) is 11.7. The highest BCUT2D eigenvalue weighted by molar-refractivity contribution is 5.46. The minimum atomic E-state index is -4.51. The summed E-state index contributed by atoms with van der Waals surface area (Å²) in [6.45, 7) is 20.3. The van der Waals surface area contributed by atoms with Crippen LogP contribution in [0.15, 0.2) is 66.7 Å². The monoisotopic (exact) mass is 584 g/mol. The molecule has 0 aliphatic rings. The third-order valence-corrected chi connectivity index (χ3v) is 6.18. The standard InChI is InChI=1S/C30H35F3O2.C4H6O.C2H6/c1-27(2,3)22-13-18-26(25(19-22)30(31,32)33)34-23-14-9-20(10-15-23)29(7,8)21-11-16-24(17-12-21)35-28(4,5)6;1-3-4-5-2;1-2/h9-19H,1-8H3;1H,4H2,2H3;1-2H3. The fourth-order valence-corrected chi connectivity index (χ4v) is 3.92. The van der Waals surface area contributed by atoms with Crippen LogP contribution in [0.2, 0.25) is 0 Å². The second kappa shape index (κ2) is 15.2. The molecule has 6 heteroatoms. The highest BCUT2D eigenvalue weighted by atomic mass is 19.4. The lowest BCUT2D eigenvalue weighted by Crippen LogP contribution is -2.23. The molecule has 0 atom stereocenters. The minimum Gasteiger partial charge on any atom is -0.488 e. The van der Waals surface area contributed by atoms with E-state index in [0.29, 0.717) is 17.9 Å². The fraction of sp³-hybridized carbons (Fsp3) is 0.444. The number of hydrogen-bond donors (Lipinski definition) is 0. The van der Waals surface area contributed by atoms with E-state index < -0.39 is 17.2 Å². The van der Waals surface area contributed by atoms with Gasteiger partial charge in [0.2, 0.25) is 0 Å². The maximum atomic E-state index is 13.8. The molecule has 3 aromatic carbocycles. The van der Waals surface area contributed by atoms with Crippen molar-refractivity contribution in [2.75, 3.05) is 13.7 Å². The Morgan fingerprint density at radius 3 is 1.50 bits per heavy atom. The molecule has 0 N–H and O–H groups in total. The SMILES string of the molecule is C#CCOC.CC.CC(C)(C)Oc1ccc(C(C)(C)c2ccc(Oc3ccc(C(C)(C)C)cc3C(F)(F)F)cc2)cc1. The maximum absolute atomic E-state index is 13.8. The molecule has 0 aliphatic carbocycles. The summed E-state index contributed by atoms with van der Waals surface area (Å²) in [6, 6.07) is 19.5. The van der Waals surface area contributed by atoms with Gasteiger partial charge in [0.05, 0.1) is 5.56 Å². The smallest absolute Gasteiger partial charge is 0.419 e. The topological polar surface area (TPSA) is 27.7 Å². The van der Waals surface area contributed by atoms with Crippen molar-refractivity contribution in [3.8, 4) is 29.6 Å². The van der Waals surface area contributed by atoms with Crippen molar-refractivity contribution < 1.29 is 27.4 Å². The van der Waals surface area contributed by atoms with Gasteiger partial charge in [0.25, 0.3) is 0 Å². The molecule has 3 nitrogen and oxygen atoms in total. The van der Waals surface area contributed by atoms with Gasteiger partial charge in [-0.3, -0.25) is 0 Å². The van der Waals surface area contributed by atoms with Gasteiger partial charge in [0, 0.05) is 12.5 Å². The van der Waals surface area contributed by atoms with Crippen LogP contribution >= 0.6 is 0 Å². The molecular weight excluding hydrogens is 537 g/mol. The zero-order valence-corrected chi connectivity index (χ0v) is 27.0. The van der Waals surface area contributed by atoms with E-state index in [-0.39, 0.29) is 16.8 Å². The Kier molecular flexibility index (Phi) is 13.2. The van der Waals surface area contributed by atoms with E-state index >= 15 is 0 Å². The molecule has 0 saturated heterocycles. The first-order valence-corrected chi connectivity index (χ1v) is 14.1. The first-order valence-electron chi connectivity index (χ1n) is 14.1. The van der Waals surface area contributed by atoms with Crippen LogP contribution in [0.1, 0.15) is 91.5 Å². The second-order valence-corrected chi connectivity index (χ2v) is 12.1. The van der Waals surface area contributed by atoms with Crippen LogP contribution in [0.3, 0.4) is 0 Å². The Hall–Kier alpha value is -3.43. The first kappa shape index (κ1) is 36.6. The van der Waals surface area contributed by atoms with Gasteiger partial charge in [-0.25, -0.2) is 0 Å². The Labute approximate surface area is 251 Å². The molecule has 0 heterocycles. The van der Waals surface area contributed by atoms with Crippen molar-refractivity contribution in [1.82, 2.24) is 0 Å². The Bertz CT molecular complexity index is 1270. The molecule has 3 rings (SSSR count). The highest BCUT2D eigenvalue weighted by Crippen LogP contribution is 2.41.